The van der Waals surface area contributed by atoms with Gasteiger partial charge in [-0.2, -0.15) is 0 Å². The maximum atomic E-state index is 11.8. The summed E-state index contributed by atoms with van der Waals surface area (Å²) in [4.78, 5) is 11.8. The van der Waals surface area contributed by atoms with E-state index >= 15 is 0 Å². The van der Waals surface area contributed by atoms with Gasteiger partial charge in [0.05, 0.1) is 10.6 Å². The molecule has 17 heavy (non-hydrogen) atoms. The van der Waals surface area contributed by atoms with E-state index in [0.29, 0.717) is 15.7 Å². The molecular formula is C12H15ClN2OS. The first-order chi connectivity index (χ1) is 8.15. The van der Waals surface area contributed by atoms with Gasteiger partial charge in [-0.1, -0.05) is 37.1 Å². The normalized spacial score (nSPS) is 9.76. The second-order valence-electron chi connectivity index (χ2n) is 3.54. The van der Waals surface area contributed by atoms with Crippen molar-refractivity contribution >= 4 is 34.8 Å². The average molecular weight is 271 g/mol. The van der Waals surface area contributed by atoms with E-state index in [4.69, 9.17) is 23.8 Å². The predicted molar refractivity (Wildman–Crippen MR) is 74.4 cm³/mol. The first-order valence-corrected chi connectivity index (χ1v) is 6.27. The highest BCUT2D eigenvalue weighted by atomic mass is 35.5. The summed E-state index contributed by atoms with van der Waals surface area (Å²) in [6, 6.07) is 6.86. The fraction of sp³-hybridized carbons (Fsp3) is 0.333. The van der Waals surface area contributed by atoms with Crippen LogP contribution in [0.4, 0.5) is 0 Å². The van der Waals surface area contributed by atoms with Gasteiger partial charge in [0.25, 0.3) is 5.91 Å². The zero-order valence-electron chi connectivity index (χ0n) is 9.63. The number of halogens is 1. The molecule has 0 saturated carbocycles. The van der Waals surface area contributed by atoms with E-state index in [1.165, 1.54) is 0 Å². The lowest BCUT2D eigenvalue weighted by Gasteiger charge is -2.09. The van der Waals surface area contributed by atoms with Crippen molar-refractivity contribution in [1.82, 2.24) is 10.6 Å². The molecule has 0 radical (unpaired) electrons. The van der Waals surface area contributed by atoms with Crippen LogP contribution in [0, 0.1) is 0 Å². The van der Waals surface area contributed by atoms with Gasteiger partial charge in [0.1, 0.15) is 0 Å². The summed E-state index contributed by atoms with van der Waals surface area (Å²) in [5, 5.41) is 6.31. The molecule has 0 aliphatic carbocycles. The lowest BCUT2D eigenvalue weighted by molar-refractivity contribution is 0.0977. The van der Waals surface area contributed by atoms with Crippen LogP contribution in [-0.4, -0.2) is 17.6 Å². The fourth-order valence-corrected chi connectivity index (χ4v) is 1.66. The number of nitrogens with one attached hydrogen (secondary N) is 2. The van der Waals surface area contributed by atoms with Gasteiger partial charge in [0, 0.05) is 6.54 Å². The molecule has 1 aromatic carbocycles. The van der Waals surface area contributed by atoms with Crippen LogP contribution in [0.15, 0.2) is 24.3 Å². The molecule has 0 fully saturated rings. The zero-order valence-corrected chi connectivity index (χ0v) is 11.2. The zero-order chi connectivity index (χ0) is 12.7. The van der Waals surface area contributed by atoms with Gasteiger partial charge in [0.2, 0.25) is 0 Å². The molecule has 3 nitrogen and oxygen atoms in total. The number of thiocarbonyl (C=S) groups is 1. The largest absolute Gasteiger partial charge is 0.362 e. The van der Waals surface area contributed by atoms with Gasteiger partial charge in [-0.15, -0.1) is 0 Å². The number of benzene rings is 1. The minimum Gasteiger partial charge on any atom is -0.362 e. The molecular weight excluding hydrogens is 256 g/mol. The molecule has 1 aromatic rings. The molecule has 0 aliphatic heterocycles. The molecule has 1 rings (SSSR count). The Bertz CT molecular complexity index is 409. The van der Waals surface area contributed by atoms with E-state index in [2.05, 4.69) is 17.6 Å². The summed E-state index contributed by atoms with van der Waals surface area (Å²) < 4.78 is 0. The van der Waals surface area contributed by atoms with Crippen LogP contribution in [0.5, 0.6) is 0 Å². The molecule has 0 spiro atoms. The van der Waals surface area contributed by atoms with Crippen LogP contribution in [0.3, 0.4) is 0 Å². The van der Waals surface area contributed by atoms with Crippen LogP contribution in [0.1, 0.15) is 30.1 Å². The molecule has 0 unspecified atom stereocenters. The quantitative estimate of drug-likeness (QED) is 0.653. The number of amides is 1. The highest BCUT2D eigenvalue weighted by Gasteiger charge is 2.10. The summed E-state index contributed by atoms with van der Waals surface area (Å²) in [7, 11) is 0. The second-order valence-corrected chi connectivity index (χ2v) is 4.36. The van der Waals surface area contributed by atoms with Gasteiger partial charge < -0.3 is 5.32 Å². The fourth-order valence-electron chi connectivity index (χ4n) is 1.24. The van der Waals surface area contributed by atoms with Crippen LogP contribution < -0.4 is 10.6 Å². The van der Waals surface area contributed by atoms with Crippen molar-refractivity contribution in [2.24, 2.45) is 0 Å². The number of rotatable bonds is 4. The molecule has 1 amide bonds. The summed E-state index contributed by atoms with van der Waals surface area (Å²) in [6.07, 6.45) is 2.09. The van der Waals surface area contributed by atoms with E-state index in [-0.39, 0.29) is 5.91 Å². The maximum absolute atomic E-state index is 11.8. The lowest BCUT2D eigenvalue weighted by atomic mass is 10.2. The second kappa shape index (κ2) is 7.25. The number of unbranched alkanes of at least 4 members (excludes halogenated alkanes) is 1. The third kappa shape index (κ3) is 4.71. The highest BCUT2D eigenvalue weighted by molar-refractivity contribution is 7.80. The van der Waals surface area contributed by atoms with Gasteiger partial charge in [-0.05, 0) is 30.8 Å². The lowest BCUT2D eigenvalue weighted by Crippen LogP contribution is -2.39. The maximum Gasteiger partial charge on any atom is 0.258 e. The third-order valence-electron chi connectivity index (χ3n) is 2.16. The van der Waals surface area contributed by atoms with Gasteiger partial charge in [-0.25, -0.2) is 0 Å². The first kappa shape index (κ1) is 13.9. The molecule has 0 aromatic heterocycles. The molecule has 0 bridgehead atoms. The SMILES string of the molecule is CCCCNC(=S)NC(=O)c1ccccc1Cl. The Balaban J connectivity index is 2.49. The number of hydrogen-bond acceptors (Lipinski definition) is 2. The van der Waals surface area contributed by atoms with Crippen molar-refractivity contribution in [2.75, 3.05) is 6.54 Å². The molecule has 2 N–H and O–H groups in total. The van der Waals surface area contributed by atoms with Crippen LogP contribution in [0.2, 0.25) is 5.02 Å². The molecule has 0 saturated heterocycles. The van der Waals surface area contributed by atoms with E-state index in [1.807, 2.05) is 0 Å². The molecule has 5 heteroatoms. The van der Waals surface area contributed by atoms with Crippen LogP contribution in [0.25, 0.3) is 0 Å². The Hall–Kier alpha value is -1.13. The van der Waals surface area contributed by atoms with Crippen molar-refractivity contribution in [3.05, 3.63) is 34.9 Å². The third-order valence-corrected chi connectivity index (χ3v) is 2.74. The first-order valence-electron chi connectivity index (χ1n) is 5.49. The number of carbonyl (C=O) groups excluding carboxylic acids is 1. The Morgan fingerprint density at radius 3 is 2.76 bits per heavy atom. The van der Waals surface area contributed by atoms with Crippen LogP contribution >= 0.6 is 23.8 Å². The van der Waals surface area contributed by atoms with Gasteiger partial charge in [0.15, 0.2) is 5.11 Å². The number of hydrogen-bond donors (Lipinski definition) is 2. The Labute approximate surface area is 112 Å². The van der Waals surface area contributed by atoms with Crippen molar-refractivity contribution in [1.29, 1.82) is 0 Å². The van der Waals surface area contributed by atoms with Crippen molar-refractivity contribution in [2.45, 2.75) is 19.8 Å². The Morgan fingerprint density at radius 1 is 1.41 bits per heavy atom. The Morgan fingerprint density at radius 2 is 2.12 bits per heavy atom. The summed E-state index contributed by atoms with van der Waals surface area (Å²) in [6.45, 7) is 2.85. The summed E-state index contributed by atoms with van der Waals surface area (Å²) in [5.41, 5.74) is 0.425. The molecule has 92 valence electrons. The summed E-state index contributed by atoms with van der Waals surface area (Å²) >= 11 is 10.9. The van der Waals surface area contributed by atoms with E-state index in [9.17, 15) is 4.79 Å². The minimum absolute atomic E-state index is 0.287. The monoisotopic (exact) mass is 270 g/mol. The predicted octanol–water partition coefficient (Wildman–Crippen LogP) is 2.74. The number of carbonyl (C=O) groups is 1. The van der Waals surface area contributed by atoms with Gasteiger partial charge >= 0.3 is 0 Å². The molecule has 0 heterocycles. The topological polar surface area (TPSA) is 41.1 Å². The van der Waals surface area contributed by atoms with Crippen molar-refractivity contribution in [3.8, 4) is 0 Å². The standard InChI is InChI=1S/C12H15ClN2OS/c1-2-3-8-14-12(17)15-11(16)9-6-4-5-7-10(9)13/h4-7H,2-3,8H2,1H3,(H2,14,15,16,17). The summed E-state index contributed by atoms with van der Waals surface area (Å²) in [5.74, 6) is -0.287. The van der Waals surface area contributed by atoms with Crippen molar-refractivity contribution < 1.29 is 4.79 Å². The van der Waals surface area contributed by atoms with E-state index in [0.717, 1.165) is 19.4 Å². The van der Waals surface area contributed by atoms with Crippen LogP contribution in [-0.2, 0) is 0 Å². The average Bonchev–Trinajstić information content (AvgIpc) is 2.29. The smallest absolute Gasteiger partial charge is 0.258 e. The highest BCUT2D eigenvalue weighted by Crippen LogP contribution is 2.14. The minimum atomic E-state index is -0.287. The van der Waals surface area contributed by atoms with Gasteiger partial charge in [-0.3, -0.25) is 10.1 Å². The Kier molecular flexibility index (Phi) is 5.94. The van der Waals surface area contributed by atoms with Crippen molar-refractivity contribution in [3.63, 3.8) is 0 Å². The van der Waals surface area contributed by atoms with E-state index in [1.54, 1.807) is 24.3 Å². The van der Waals surface area contributed by atoms with E-state index < -0.39 is 0 Å². The molecule has 0 atom stereocenters. The molecule has 0 aliphatic rings.